The highest BCUT2D eigenvalue weighted by molar-refractivity contribution is 6.36. The first-order valence-electron chi connectivity index (χ1n) is 7.50. The lowest BCUT2D eigenvalue weighted by Gasteiger charge is -2.14. The molecule has 4 nitrogen and oxygen atoms in total. The van der Waals surface area contributed by atoms with E-state index < -0.39 is 0 Å². The number of carbonyl (C=O) groups is 1. The Morgan fingerprint density at radius 1 is 1.14 bits per heavy atom. The fourth-order valence-electron chi connectivity index (χ4n) is 2.77. The molecule has 4 rings (SSSR count). The van der Waals surface area contributed by atoms with Crippen LogP contribution >= 0.6 is 0 Å². The molecule has 2 aromatic rings. The van der Waals surface area contributed by atoms with E-state index in [1.807, 2.05) is 42.5 Å². The molecule has 1 fully saturated rings. The maximum atomic E-state index is 12.5. The summed E-state index contributed by atoms with van der Waals surface area (Å²) in [5.41, 5.74) is 10.9. The first-order chi connectivity index (χ1) is 10.7. The summed E-state index contributed by atoms with van der Waals surface area (Å²) in [4.78, 5) is 12.5. The van der Waals surface area contributed by atoms with Crippen molar-refractivity contribution >= 4 is 28.6 Å². The predicted octanol–water partition coefficient (Wildman–Crippen LogP) is 2.84. The molecule has 110 valence electrons. The van der Waals surface area contributed by atoms with E-state index in [9.17, 15) is 4.79 Å². The van der Waals surface area contributed by atoms with Crippen LogP contribution in [0.1, 0.15) is 24.0 Å². The van der Waals surface area contributed by atoms with Crippen LogP contribution in [0.5, 0.6) is 0 Å². The number of nitrogens with one attached hydrogen (secondary N) is 2. The van der Waals surface area contributed by atoms with Gasteiger partial charge in [-0.2, -0.15) is 0 Å². The molecule has 2 aliphatic rings. The van der Waals surface area contributed by atoms with Gasteiger partial charge in [-0.1, -0.05) is 30.3 Å². The number of anilines is 2. The van der Waals surface area contributed by atoms with Crippen molar-refractivity contribution in [2.75, 3.05) is 11.1 Å². The fourth-order valence-corrected chi connectivity index (χ4v) is 2.77. The smallest absolute Gasteiger partial charge is 0.258 e. The number of rotatable bonds is 3. The maximum Gasteiger partial charge on any atom is 0.258 e. The number of benzene rings is 2. The Hall–Kier alpha value is -2.75. The lowest BCUT2D eigenvalue weighted by molar-refractivity contribution is -0.110. The molecule has 1 saturated carbocycles. The number of amides is 1. The molecule has 1 aliphatic heterocycles. The van der Waals surface area contributed by atoms with Gasteiger partial charge >= 0.3 is 0 Å². The molecule has 22 heavy (non-hydrogen) atoms. The summed E-state index contributed by atoms with van der Waals surface area (Å²) < 4.78 is 0. The van der Waals surface area contributed by atoms with Crippen LogP contribution in [0.15, 0.2) is 48.5 Å². The number of hydrogen-bond acceptors (Lipinski definition) is 3. The second kappa shape index (κ2) is 4.91. The lowest BCUT2D eigenvalue weighted by Crippen LogP contribution is -2.18. The second-order valence-corrected chi connectivity index (χ2v) is 5.79. The molecule has 0 unspecified atom stereocenters. The van der Waals surface area contributed by atoms with Crippen LogP contribution in [0, 0.1) is 0 Å². The Morgan fingerprint density at radius 3 is 2.64 bits per heavy atom. The average Bonchev–Trinajstić information content (AvgIpc) is 3.29. The summed E-state index contributed by atoms with van der Waals surface area (Å²) in [5.74, 6) is -0.0763. The molecule has 0 aromatic heterocycles. The van der Waals surface area contributed by atoms with Gasteiger partial charge in [-0.15, -0.1) is 0 Å². The van der Waals surface area contributed by atoms with E-state index in [2.05, 4.69) is 10.6 Å². The molecule has 2 aromatic carbocycles. The van der Waals surface area contributed by atoms with Crippen LogP contribution in [0.3, 0.4) is 0 Å². The molecular weight excluding hydrogens is 274 g/mol. The minimum atomic E-state index is -0.0763. The highest BCUT2D eigenvalue weighted by atomic mass is 16.2. The standard InChI is InChI=1S/C18H17N3O/c19-12-6-9-15-14(10-12)16(18(22)21-15)17(20-13-7-8-13)11-4-2-1-3-5-11/h1-6,9-10,13,20H,7-8,19H2,(H,21,22). The quantitative estimate of drug-likeness (QED) is 0.602. The van der Waals surface area contributed by atoms with Gasteiger partial charge in [0.25, 0.3) is 5.91 Å². The van der Waals surface area contributed by atoms with Crippen LogP contribution in [0.2, 0.25) is 0 Å². The third-order valence-corrected chi connectivity index (χ3v) is 4.03. The van der Waals surface area contributed by atoms with Crippen LogP contribution in [-0.2, 0) is 4.79 Å². The monoisotopic (exact) mass is 291 g/mol. The number of fused-ring (bicyclic) bond motifs is 1. The second-order valence-electron chi connectivity index (χ2n) is 5.79. The molecule has 4 N–H and O–H groups in total. The number of hydrogen-bond donors (Lipinski definition) is 3. The van der Waals surface area contributed by atoms with Gasteiger partial charge in [-0.25, -0.2) is 0 Å². The summed E-state index contributed by atoms with van der Waals surface area (Å²) >= 11 is 0. The lowest BCUT2D eigenvalue weighted by atomic mass is 10.00. The summed E-state index contributed by atoms with van der Waals surface area (Å²) in [6.07, 6.45) is 2.30. The van der Waals surface area contributed by atoms with Crippen molar-refractivity contribution in [2.45, 2.75) is 18.9 Å². The van der Waals surface area contributed by atoms with E-state index in [1.165, 1.54) is 0 Å². The molecule has 4 heteroatoms. The molecular formula is C18H17N3O. The Balaban J connectivity index is 1.91. The number of nitrogen functional groups attached to an aromatic ring is 1. The Morgan fingerprint density at radius 2 is 1.91 bits per heavy atom. The molecule has 0 saturated heterocycles. The van der Waals surface area contributed by atoms with Crippen LogP contribution < -0.4 is 16.4 Å². The van der Waals surface area contributed by atoms with E-state index in [4.69, 9.17) is 5.73 Å². The van der Waals surface area contributed by atoms with Gasteiger partial charge in [0, 0.05) is 23.0 Å². The molecule has 1 aliphatic carbocycles. The third-order valence-electron chi connectivity index (χ3n) is 4.03. The Bertz CT molecular complexity index is 776. The van der Waals surface area contributed by atoms with Crippen molar-refractivity contribution < 1.29 is 4.79 Å². The fraction of sp³-hybridized carbons (Fsp3) is 0.167. The van der Waals surface area contributed by atoms with Crippen molar-refractivity contribution in [3.8, 4) is 0 Å². The van der Waals surface area contributed by atoms with Gasteiger partial charge in [0.1, 0.15) is 0 Å². The van der Waals surface area contributed by atoms with Gasteiger partial charge in [0.2, 0.25) is 0 Å². The van der Waals surface area contributed by atoms with Gasteiger partial charge in [-0.3, -0.25) is 4.79 Å². The first kappa shape index (κ1) is 13.0. The van der Waals surface area contributed by atoms with Gasteiger partial charge in [0.05, 0.1) is 11.3 Å². The largest absolute Gasteiger partial charge is 0.399 e. The Kier molecular flexibility index (Phi) is 2.89. The summed E-state index contributed by atoms with van der Waals surface area (Å²) in [5, 5.41) is 6.44. The summed E-state index contributed by atoms with van der Waals surface area (Å²) in [7, 11) is 0. The molecule has 0 spiro atoms. The predicted molar refractivity (Wildman–Crippen MR) is 88.9 cm³/mol. The van der Waals surface area contributed by atoms with Crippen molar-refractivity contribution in [3.63, 3.8) is 0 Å². The molecule has 0 bridgehead atoms. The maximum absolute atomic E-state index is 12.5. The normalized spacial score (nSPS) is 18.6. The zero-order chi connectivity index (χ0) is 15.1. The molecule has 0 radical (unpaired) electrons. The Labute approximate surface area is 129 Å². The zero-order valence-electron chi connectivity index (χ0n) is 12.1. The van der Waals surface area contributed by atoms with Crippen LogP contribution in [-0.4, -0.2) is 11.9 Å². The van der Waals surface area contributed by atoms with Crippen LogP contribution in [0.25, 0.3) is 11.3 Å². The van der Waals surface area contributed by atoms with Gasteiger partial charge < -0.3 is 16.4 Å². The van der Waals surface area contributed by atoms with Crippen LogP contribution in [0.4, 0.5) is 11.4 Å². The minimum Gasteiger partial charge on any atom is -0.399 e. The first-order valence-corrected chi connectivity index (χ1v) is 7.50. The van der Waals surface area contributed by atoms with Crippen molar-refractivity contribution in [3.05, 3.63) is 59.7 Å². The van der Waals surface area contributed by atoms with Crippen molar-refractivity contribution in [1.82, 2.24) is 5.32 Å². The van der Waals surface area contributed by atoms with Crippen molar-refractivity contribution in [2.24, 2.45) is 0 Å². The summed E-state index contributed by atoms with van der Waals surface area (Å²) in [6, 6.07) is 16.0. The average molecular weight is 291 g/mol. The summed E-state index contributed by atoms with van der Waals surface area (Å²) in [6.45, 7) is 0. The SMILES string of the molecule is Nc1ccc2c(c1)C(=C(NC1CC1)c1ccccc1)C(=O)N2. The zero-order valence-corrected chi connectivity index (χ0v) is 12.1. The number of nitrogens with two attached hydrogens (primary N) is 1. The molecule has 1 heterocycles. The van der Waals surface area contributed by atoms with E-state index in [0.717, 1.165) is 35.4 Å². The minimum absolute atomic E-state index is 0.0763. The highest BCUT2D eigenvalue weighted by Crippen LogP contribution is 2.38. The number of carbonyl (C=O) groups excluding carboxylic acids is 1. The topological polar surface area (TPSA) is 67.1 Å². The van der Waals surface area contributed by atoms with E-state index in [0.29, 0.717) is 17.3 Å². The van der Waals surface area contributed by atoms with Gasteiger partial charge in [0.15, 0.2) is 0 Å². The van der Waals surface area contributed by atoms with E-state index >= 15 is 0 Å². The third kappa shape index (κ3) is 2.22. The highest BCUT2D eigenvalue weighted by Gasteiger charge is 2.31. The van der Waals surface area contributed by atoms with E-state index in [1.54, 1.807) is 6.07 Å². The van der Waals surface area contributed by atoms with E-state index in [-0.39, 0.29) is 5.91 Å². The van der Waals surface area contributed by atoms with Gasteiger partial charge in [-0.05, 0) is 36.6 Å². The molecule has 1 amide bonds. The van der Waals surface area contributed by atoms with Crippen molar-refractivity contribution in [1.29, 1.82) is 0 Å². The molecule has 0 atom stereocenters.